The lowest BCUT2D eigenvalue weighted by Gasteiger charge is -1.89. The Hall–Kier alpha value is -1.35. The van der Waals surface area contributed by atoms with Crippen molar-refractivity contribution in [3.05, 3.63) is 36.4 Å². The minimum absolute atomic E-state index is 1.08. The Bertz CT molecular complexity index is 352. The molecule has 0 aliphatic heterocycles. The molecule has 0 bridgehead atoms. The molecule has 0 aliphatic rings. The molecule has 78 valence electrons. The third-order valence-corrected chi connectivity index (χ3v) is 1.64. The molecule has 0 radical (unpaired) electrons. The van der Waals surface area contributed by atoms with Crippen molar-refractivity contribution in [2.24, 2.45) is 5.73 Å². The van der Waals surface area contributed by atoms with E-state index in [1.807, 2.05) is 49.8 Å². The van der Waals surface area contributed by atoms with Crippen molar-refractivity contribution in [1.82, 2.24) is 9.38 Å². The largest absolute Gasteiger partial charge is 0.333 e. The lowest BCUT2D eigenvalue weighted by atomic mass is 10.3. The van der Waals surface area contributed by atoms with Crippen LogP contribution in [0.2, 0.25) is 0 Å². The molecule has 0 aromatic carbocycles. The van der Waals surface area contributed by atoms with E-state index < -0.39 is 0 Å². The van der Waals surface area contributed by atoms with Crippen LogP contribution in [0, 0.1) is 6.92 Å². The van der Waals surface area contributed by atoms with Gasteiger partial charge in [-0.3, -0.25) is 0 Å². The lowest BCUT2D eigenvalue weighted by molar-refractivity contribution is 1.15. The van der Waals surface area contributed by atoms with E-state index in [-0.39, 0.29) is 0 Å². The summed E-state index contributed by atoms with van der Waals surface area (Å²) < 4.78 is 2.01. The third-order valence-electron chi connectivity index (χ3n) is 1.64. The van der Waals surface area contributed by atoms with Crippen LogP contribution in [-0.4, -0.2) is 16.4 Å². The smallest absolute Gasteiger partial charge is 0.0995 e. The van der Waals surface area contributed by atoms with Gasteiger partial charge in [-0.15, -0.1) is 0 Å². The van der Waals surface area contributed by atoms with Crippen LogP contribution in [-0.2, 0) is 0 Å². The Kier molecular flexibility index (Phi) is 6.41. The number of aromatic nitrogens is 2. The molecule has 2 rings (SSSR count). The van der Waals surface area contributed by atoms with Crippen molar-refractivity contribution in [3.63, 3.8) is 0 Å². The topological polar surface area (TPSA) is 43.3 Å². The van der Waals surface area contributed by atoms with Gasteiger partial charge < -0.3 is 10.1 Å². The normalized spacial score (nSPS) is 8.36. The highest BCUT2D eigenvalue weighted by atomic mass is 15.0. The number of hydrogen-bond acceptors (Lipinski definition) is 2. The number of nitrogens with zero attached hydrogens (tertiary/aromatic N) is 2. The van der Waals surface area contributed by atoms with E-state index in [0.29, 0.717) is 0 Å². The number of fused-ring (bicyclic) bond motifs is 1. The van der Waals surface area contributed by atoms with Crippen molar-refractivity contribution in [2.75, 3.05) is 7.05 Å². The summed E-state index contributed by atoms with van der Waals surface area (Å²) in [5.41, 5.74) is 6.77. The van der Waals surface area contributed by atoms with Gasteiger partial charge in [-0.05, 0) is 26.1 Å². The summed E-state index contributed by atoms with van der Waals surface area (Å²) in [6.07, 6.45) is 3.82. The Morgan fingerprint density at radius 2 is 1.86 bits per heavy atom. The van der Waals surface area contributed by atoms with Gasteiger partial charge in [0.05, 0.1) is 17.5 Å². The molecule has 3 heteroatoms. The average Bonchev–Trinajstić information content (AvgIpc) is 2.67. The molecule has 0 amide bonds. The van der Waals surface area contributed by atoms with Gasteiger partial charge in [-0.25, -0.2) is 4.98 Å². The summed E-state index contributed by atoms with van der Waals surface area (Å²) >= 11 is 0. The summed E-state index contributed by atoms with van der Waals surface area (Å²) in [6.45, 7) is 6.01. The number of aryl methyl sites for hydroxylation is 1. The highest BCUT2D eigenvalue weighted by molar-refractivity contribution is 5.50. The minimum atomic E-state index is 1.08. The highest BCUT2D eigenvalue weighted by Gasteiger charge is 1.94. The molecule has 2 aromatic rings. The van der Waals surface area contributed by atoms with Crippen LogP contribution in [0.5, 0.6) is 0 Å². The van der Waals surface area contributed by atoms with Crippen LogP contribution in [0.25, 0.3) is 5.52 Å². The molecule has 0 unspecified atom stereocenters. The molecule has 2 aromatic heterocycles. The third kappa shape index (κ3) is 2.85. The minimum Gasteiger partial charge on any atom is -0.333 e. The zero-order chi connectivity index (χ0) is 11.0. The first-order chi connectivity index (χ1) is 6.88. The monoisotopic (exact) mass is 193 g/mol. The van der Waals surface area contributed by atoms with Gasteiger partial charge in [-0.1, -0.05) is 19.9 Å². The summed E-state index contributed by atoms with van der Waals surface area (Å²) in [7, 11) is 1.50. The van der Waals surface area contributed by atoms with E-state index >= 15 is 0 Å². The number of imidazole rings is 1. The van der Waals surface area contributed by atoms with Gasteiger partial charge in [-0.2, -0.15) is 0 Å². The van der Waals surface area contributed by atoms with E-state index in [0.717, 1.165) is 5.69 Å². The van der Waals surface area contributed by atoms with E-state index in [1.54, 1.807) is 0 Å². The predicted octanol–water partition coefficient (Wildman–Crippen LogP) is 2.24. The Labute approximate surface area is 85.6 Å². The van der Waals surface area contributed by atoms with Gasteiger partial charge >= 0.3 is 0 Å². The van der Waals surface area contributed by atoms with Gasteiger partial charge in [0.25, 0.3) is 0 Å². The maximum Gasteiger partial charge on any atom is 0.0995 e. The van der Waals surface area contributed by atoms with Crippen LogP contribution < -0.4 is 5.73 Å². The summed E-state index contributed by atoms with van der Waals surface area (Å²) in [6, 6.07) is 6.07. The van der Waals surface area contributed by atoms with Gasteiger partial charge in [0.1, 0.15) is 0 Å². The number of nitrogens with two attached hydrogens (primary N) is 1. The Morgan fingerprint density at radius 3 is 2.43 bits per heavy atom. The fourth-order valence-corrected chi connectivity index (χ4v) is 1.08. The summed E-state index contributed by atoms with van der Waals surface area (Å²) in [5, 5.41) is 0. The van der Waals surface area contributed by atoms with E-state index in [4.69, 9.17) is 0 Å². The maximum absolute atomic E-state index is 4.50. The molecule has 0 saturated heterocycles. The second-order valence-electron chi connectivity index (χ2n) is 2.32. The SMILES string of the molecule is CC.CN.Cc1ncn2ccccc12. The predicted molar refractivity (Wildman–Crippen MR) is 61.4 cm³/mol. The molecule has 2 heterocycles. The van der Waals surface area contributed by atoms with Crippen LogP contribution >= 0.6 is 0 Å². The molecule has 0 aliphatic carbocycles. The molecule has 0 fully saturated rings. The standard InChI is InChI=1S/C8H8N2.C2H6.CH5N/c1-7-8-4-2-3-5-10(8)6-9-7;2*1-2/h2-6H,1H3;1-2H3;2H2,1H3. The molecule has 0 atom stereocenters. The lowest BCUT2D eigenvalue weighted by Crippen LogP contribution is -1.78. The molecule has 14 heavy (non-hydrogen) atoms. The first kappa shape index (κ1) is 12.7. The van der Waals surface area contributed by atoms with E-state index in [1.165, 1.54) is 12.6 Å². The van der Waals surface area contributed by atoms with Crippen LogP contribution in [0.1, 0.15) is 19.5 Å². The van der Waals surface area contributed by atoms with Gasteiger partial charge in [0.2, 0.25) is 0 Å². The Morgan fingerprint density at radius 1 is 1.21 bits per heavy atom. The van der Waals surface area contributed by atoms with Crippen LogP contribution in [0.3, 0.4) is 0 Å². The van der Waals surface area contributed by atoms with Crippen molar-refractivity contribution in [2.45, 2.75) is 20.8 Å². The number of rotatable bonds is 0. The average molecular weight is 193 g/mol. The fourth-order valence-electron chi connectivity index (χ4n) is 1.08. The molecular weight excluding hydrogens is 174 g/mol. The molecule has 3 nitrogen and oxygen atoms in total. The van der Waals surface area contributed by atoms with Gasteiger partial charge in [0, 0.05) is 6.20 Å². The molecule has 0 saturated carbocycles. The zero-order valence-corrected chi connectivity index (χ0v) is 9.36. The van der Waals surface area contributed by atoms with Crippen molar-refractivity contribution < 1.29 is 0 Å². The molecule has 2 N–H and O–H groups in total. The second-order valence-corrected chi connectivity index (χ2v) is 2.32. The van der Waals surface area contributed by atoms with Crippen molar-refractivity contribution >= 4 is 5.52 Å². The Balaban J connectivity index is 0.000000379. The number of hydrogen-bond donors (Lipinski definition) is 1. The summed E-state index contributed by atoms with van der Waals surface area (Å²) in [4.78, 5) is 4.16. The summed E-state index contributed by atoms with van der Waals surface area (Å²) in [5.74, 6) is 0. The van der Waals surface area contributed by atoms with Gasteiger partial charge in [0.15, 0.2) is 0 Å². The molecular formula is C11H19N3. The quantitative estimate of drug-likeness (QED) is 0.697. The van der Waals surface area contributed by atoms with Crippen LogP contribution in [0.4, 0.5) is 0 Å². The fraction of sp³-hybridized carbons (Fsp3) is 0.364. The first-order valence-corrected chi connectivity index (χ1v) is 4.84. The van der Waals surface area contributed by atoms with E-state index in [9.17, 15) is 0 Å². The maximum atomic E-state index is 4.50. The second kappa shape index (κ2) is 7.09. The highest BCUT2D eigenvalue weighted by Crippen LogP contribution is 2.05. The van der Waals surface area contributed by atoms with Crippen LogP contribution in [0.15, 0.2) is 30.7 Å². The first-order valence-electron chi connectivity index (χ1n) is 4.84. The van der Waals surface area contributed by atoms with Crippen molar-refractivity contribution in [1.29, 1.82) is 0 Å². The molecule has 0 spiro atoms. The zero-order valence-electron chi connectivity index (χ0n) is 9.36. The number of pyridine rings is 1. The van der Waals surface area contributed by atoms with E-state index in [2.05, 4.69) is 16.8 Å². The van der Waals surface area contributed by atoms with Crippen molar-refractivity contribution in [3.8, 4) is 0 Å².